The van der Waals surface area contributed by atoms with Gasteiger partial charge in [-0.25, -0.2) is 14.8 Å². The second kappa shape index (κ2) is 12.1. The van der Waals surface area contributed by atoms with E-state index in [-0.39, 0.29) is 0 Å². The molecule has 2 fully saturated rings. The Morgan fingerprint density at radius 2 is 1.75 bits per heavy atom. The topological polar surface area (TPSA) is 84.8 Å². The molecule has 0 unspecified atom stereocenters. The number of hydrogen-bond donors (Lipinski definition) is 2. The van der Waals surface area contributed by atoms with Crippen LogP contribution >= 0.6 is 11.6 Å². The first kappa shape index (κ1) is 27.9. The first-order chi connectivity index (χ1) is 17.0. The van der Waals surface area contributed by atoms with Crippen molar-refractivity contribution in [2.75, 3.05) is 63.6 Å². The number of aliphatic carboxylic acids is 1. The van der Waals surface area contributed by atoms with Crippen LogP contribution in [0.3, 0.4) is 0 Å². The molecule has 0 aliphatic carbocycles. The van der Waals surface area contributed by atoms with Crippen molar-refractivity contribution in [1.29, 1.82) is 0 Å². The second-order valence-corrected chi connectivity index (χ2v) is 9.67. The second-order valence-electron chi connectivity index (χ2n) is 9.24. The van der Waals surface area contributed by atoms with Gasteiger partial charge in [0.15, 0.2) is 0 Å². The largest absolute Gasteiger partial charge is 0.490 e. The molecule has 0 saturated carbocycles. The first-order valence-corrected chi connectivity index (χ1v) is 12.1. The van der Waals surface area contributed by atoms with E-state index in [1.165, 1.54) is 31.5 Å². The molecule has 1 spiro atoms. The number of carboxylic acids is 1. The number of hydrogen-bond acceptors (Lipinski definition) is 7. The van der Waals surface area contributed by atoms with E-state index < -0.39 is 12.1 Å². The van der Waals surface area contributed by atoms with Gasteiger partial charge in [-0.1, -0.05) is 23.7 Å². The van der Waals surface area contributed by atoms with Gasteiger partial charge in [0.05, 0.1) is 0 Å². The number of nitrogens with one attached hydrogen (secondary N) is 1. The molecule has 2 aromatic rings. The van der Waals surface area contributed by atoms with Gasteiger partial charge < -0.3 is 20.2 Å². The van der Waals surface area contributed by atoms with E-state index in [2.05, 4.69) is 62.3 Å². The van der Waals surface area contributed by atoms with Crippen LogP contribution in [0.15, 0.2) is 36.7 Å². The number of rotatable bonds is 5. The number of carbonyl (C=O) groups is 1. The summed E-state index contributed by atoms with van der Waals surface area (Å²) in [5.41, 5.74) is 1.58. The summed E-state index contributed by atoms with van der Waals surface area (Å²) in [6, 6.07) is 10.1. The van der Waals surface area contributed by atoms with Crippen LogP contribution < -0.4 is 10.2 Å². The standard InChI is InChI=1S/C22H31ClN6.C2HF3O2/c1-27-13-14-28(2)22(16-27)8-11-29(12-9-22)21-15-20(25-17-26-21)24-10-7-18-3-5-19(23)6-4-18;3-2(4,5)1(6)7/h3-6,15,17H,7-14,16H2,1-2H3,(H,24,25,26);(H,6,7). The average molecular weight is 529 g/mol. The van der Waals surface area contributed by atoms with Crippen molar-refractivity contribution in [2.24, 2.45) is 0 Å². The smallest absolute Gasteiger partial charge is 0.475 e. The third kappa shape index (κ3) is 7.68. The number of carboxylic acid groups (broad SMARTS) is 1. The van der Waals surface area contributed by atoms with Gasteiger partial charge in [-0.3, -0.25) is 4.90 Å². The van der Waals surface area contributed by atoms with Gasteiger partial charge in [-0.2, -0.15) is 13.2 Å². The summed E-state index contributed by atoms with van der Waals surface area (Å²) in [4.78, 5) is 25.3. The molecule has 0 bridgehead atoms. The van der Waals surface area contributed by atoms with E-state index >= 15 is 0 Å². The van der Waals surface area contributed by atoms with Gasteiger partial charge in [0, 0.05) is 55.9 Å². The third-order valence-corrected chi connectivity index (χ3v) is 6.99. The van der Waals surface area contributed by atoms with Crippen LogP contribution in [0.2, 0.25) is 5.02 Å². The van der Waals surface area contributed by atoms with Crippen molar-refractivity contribution < 1.29 is 23.1 Å². The summed E-state index contributed by atoms with van der Waals surface area (Å²) in [6.07, 6.45) is -0.123. The lowest BCUT2D eigenvalue weighted by Crippen LogP contribution is -2.63. The Morgan fingerprint density at radius 1 is 1.11 bits per heavy atom. The summed E-state index contributed by atoms with van der Waals surface area (Å²) in [6.45, 7) is 6.40. The fourth-order valence-corrected chi connectivity index (χ4v) is 4.68. The van der Waals surface area contributed by atoms with E-state index in [9.17, 15) is 13.2 Å². The van der Waals surface area contributed by atoms with E-state index in [0.29, 0.717) is 5.54 Å². The Morgan fingerprint density at radius 3 is 2.36 bits per heavy atom. The van der Waals surface area contributed by atoms with Gasteiger partial charge in [-0.15, -0.1) is 0 Å². The first-order valence-electron chi connectivity index (χ1n) is 11.7. The molecule has 0 atom stereocenters. The highest BCUT2D eigenvalue weighted by atomic mass is 35.5. The number of piperidine rings is 1. The molecule has 12 heteroatoms. The third-order valence-electron chi connectivity index (χ3n) is 6.74. The van der Waals surface area contributed by atoms with Crippen LogP contribution in [0.4, 0.5) is 24.8 Å². The van der Waals surface area contributed by atoms with Crippen LogP contribution in [0.5, 0.6) is 0 Å². The van der Waals surface area contributed by atoms with E-state index in [1.807, 2.05) is 12.1 Å². The predicted octanol–water partition coefficient (Wildman–Crippen LogP) is 3.63. The molecule has 8 nitrogen and oxygen atoms in total. The molecule has 36 heavy (non-hydrogen) atoms. The molecule has 2 saturated heterocycles. The van der Waals surface area contributed by atoms with Gasteiger partial charge in [-0.05, 0) is 51.1 Å². The maximum Gasteiger partial charge on any atom is 0.490 e. The summed E-state index contributed by atoms with van der Waals surface area (Å²) < 4.78 is 31.7. The van der Waals surface area contributed by atoms with Crippen molar-refractivity contribution in [3.05, 3.63) is 47.2 Å². The summed E-state index contributed by atoms with van der Waals surface area (Å²) in [7, 11) is 4.53. The molecule has 1 aromatic carbocycles. The maximum absolute atomic E-state index is 10.6. The fraction of sp³-hybridized carbons (Fsp3) is 0.542. The minimum absolute atomic E-state index is 0.316. The van der Waals surface area contributed by atoms with Gasteiger partial charge >= 0.3 is 12.1 Å². The predicted molar refractivity (Wildman–Crippen MR) is 134 cm³/mol. The molecular weight excluding hydrogens is 497 g/mol. The van der Waals surface area contributed by atoms with Crippen LogP contribution in [0.1, 0.15) is 18.4 Å². The lowest BCUT2D eigenvalue weighted by atomic mass is 9.84. The molecule has 4 rings (SSSR count). The van der Waals surface area contributed by atoms with Crippen molar-refractivity contribution in [2.45, 2.75) is 31.0 Å². The average Bonchev–Trinajstić information content (AvgIpc) is 2.83. The van der Waals surface area contributed by atoms with E-state index in [1.54, 1.807) is 6.33 Å². The Balaban J connectivity index is 0.000000454. The molecule has 0 amide bonds. The van der Waals surface area contributed by atoms with Crippen LogP contribution in [0.25, 0.3) is 0 Å². The zero-order valence-corrected chi connectivity index (χ0v) is 21.2. The number of nitrogens with zero attached hydrogens (tertiary/aromatic N) is 5. The van der Waals surface area contributed by atoms with Gasteiger partial charge in [0.2, 0.25) is 0 Å². The Hall–Kier alpha value is -2.63. The minimum Gasteiger partial charge on any atom is -0.475 e. The molecular formula is C24H32ClF3N6O2. The van der Waals surface area contributed by atoms with Gasteiger partial charge in [0.1, 0.15) is 18.0 Å². The highest BCUT2D eigenvalue weighted by molar-refractivity contribution is 6.30. The maximum atomic E-state index is 10.6. The molecule has 2 N–H and O–H groups in total. The van der Waals surface area contributed by atoms with E-state index in [0.717, 1.165) is 49.3 Å². The normalized spacial score (nSPS) is 18.4. The van der Waals surface area contributed by atoms with Crippen LogP contribution in [0, 0.1) is 0 Å². The zero-order chi connectivity index (χ0) is 26.3. The molecule has 1 aromatic heterocycles. The zero-order valence-electron chi connectivity index (χ0n) is 20.4. The van der Waals surface area contributed by atoms with Crippen molar-refractivity contribution in [3.63, 3.8) is 0 Å². The van der Waals surface area contributed by atoms with E-state index in [4.69, 9.17) is 21.5 Å². The number of benzene rings is 1. The Bertz CT molecular complexity index is 1000. The monoisotopic (exact) mass is 528 g/mol. The highest BCUT2D eigenvalue weighted by Gasteiger charge is 2.41. The highest BCUT2D eigenvalue weighted by Crippen LogP contribution is 2.32. The quantitative estimate of drug-likeness (QED) is 0.608. The fourth-order valence-electron chi connectivity index (χ4n) is 4.55. The molecule has 2 aliphatic rings. The number of piperazine rings is 1. The summed E-state index contributed by atoms with van der Waals surface area (Å²) in [5, 5.41) is 11.3. The molecule has 3 heterocycles. The lowest BCUT2D eigenvalue weighted by Gasteiger charge is -2.52. The number of likely N-dealkylation sites (N-methyl/N-ethyl adjacent to an activating group) is 2. The SMILES string of the molecule is CN1CCN(C)C2(CCN(c3cc(NCCc4ccc(Cl)cc4)ncn3)CC2)C1.O=C(O)C(F)(F)F. The van der Waals surface area contributed by atoms with Crippen LogP contribution in [-0.4, -0.2) is 95.9 Å². The van der Waals surface area contributed by atoms with Crippen molar-refractivity contribution in [3.8, 4) is 0 Å². The van der Waals surface area contributed by atoms with Crippen molar-refractivity contribution in [1.82, 2.24) is 19.8 Å². The number of halogens is 4. The Kier molecular flexibility index (Phi) is 9.37. The molecule has 198 valence electrons. The van der Waals surface area contributed by atoms with Gasteiger partial charge in [0.25, 0.3) is 0 Å². The summed E-state index contributed by atoms with van der Waals surface area (Å²) in [5.74, 6) is -0.845. The van der Waals surface area contributed by atoms with Crippen LogP contribution in [-0.2, 0) is 11.2 Å². The van der Waals surface area contributed by atoms with Crippen molar-refractivity contribution >= 4 is 29.2 Å². The summed E-state index contributed by atoms with van der Waals surface area (Å²) >= 11 is 5.95. The Labute approximate surface area is 214 Å². The number of anilines is 2. The number of aromatic nitrogens is 2. The lowest BCUT2D eigenvalue weighted by molar-refractivity contribution is -0.192. The molecule has 2 aliphatic heterocycles. The molecule has 0 radical (unpaired) electrons. The number of alkyl halides is 3. The minimum atomic E-state index is -5.08.